The van der Waals surface area contributed by atoms with Crippen molar-refractivity contribution >= 4 is 10.2 Å². The van der Waals surface area contributed by atoms with E-state index >= 15 is 0 Å². The molecule has 4 rings (SSSR count). The fourth-order valence-corrected chi connectivity index (χ4v) is 5.59. The minimum absolute atomic E-state index is 0.525. The second-order valence-electron chi connectivity index (χ2n) is 6.78. The summed E-state index contributed by atoms with van der Waals surface area (Å²) >= 11 is 0. The summed E-state index contributed by atoms with van der Waals surface area (Å²) in [6.07, 6.45) is 3.35. The maximum atomic E-state index is 12.9. The van der Waals surface area contributed by atoms with Gasteiger partial charge >= 0.3 is 0 Å². The summed E-state index contributed by atoms with van der Waals surface area (Å²) in [5.74, 6) is 0. The number of aryl methyl sites for hydroxylation is 1. The molecular weight excluding hydrogens is 336 g/mol. The smallest absolute Gasteiger partial charge is 0.272 e. The highest BCUT2D eigenvalue weighted by molar-refractivity contribution is 7.86. The van der Waals surface area contributed by atoms with E-state index in [1.807, 2.05) is 29.9 Å². The zero-order chi connectivity index (χ0) is 17.4. The van der Waals surface area contributed by atoms with Gasteiger partial charge in [-0.05, 0) is 19.3 Å². The van der Waals surface area contributed by atoms with Crippen molar-refractivity contribution in [2.45, 2.75) is 25.7 Å². The molecule has 3 heterocycles. The van der Waals surface area contributed by atoms with Crippen LogP contribution in [0.4, 0.5) is 0 Å². The van der Waals surface area contributed by atoms with Gasteiger partial charge < -0.3 is 0 Å². The highest BCUT2D eigenvalue weighted by Crippen LogP contribution is 2.29. The molecule has 1 aromatic heterocycles. The van der Waals surface area contributed by atoms with Crippen LogP contribution in [0.3, 0.4) is 0 Å². The highest BCUT2D eigenvalue weighted by Gasteiger charge is 2.33. The molecule has 25 heavy (non-hydrogen) atoms. The Morgan fingerprint density at radius 1 is 0.920 bits per heavy atom. The second kappa shape index (κ2) is 6.55. The van der Waals surface area contributed by atoms with E-state index < -0.39 is 10.2 Å². The van der Waals surface area contributed by atoms with Gasteiger partial charge in [0.15, 0.2) is 0 Å². The van der Waals surface area contributed by atoms with E-state index in [2.05, 4.69) is 12.1 Å². The molecule has 1 fully saturated rings. The number of hydrogen-bond acceptors (Lipinski definition) is 3. The Balaban J connectivity index is 1.62. The zero-order valence-corrected chi connectivity index (χ0v) is 15.4. The molecule has 0 amide bonds. The molecule has 134 valence electrons. The summed E-state index contributed by atoms with van der Waals surface area (Å²) in [5.41, 5.74) is 4.42. The summed E-state index contributed by atoms with van der Waals surface area (Å²) in [5, 5.41) is 4.71. The Hall–Kier alpha value is -1.70. The van der Waals surface area contributed by atoms with Crippen LogP contribution in [0.15, 0.2) is 30.3 Å². The third-order valence-electron chi connectivity index (χ3n) is 5.25. The predicted octanol–water partition coefficient (Wildman–Crippen LogP) is 1.83. The lowest BCUT2D eigenvalue weighted by molar-refractivity contribution is 0.367. The van der Waals surface area contributed by atoms with Crippen molar-refractivity contribution in [2.75, 3.05) is 26.2 Å². The van der Waals surface area contributed by atoms with Crippen molar-refractivity contribution < 1.29 is 8.42 Å². The molecule has 0 radical (unpaired) electrons. The normalized spacial score (nSPS) is 19.7. The zero-order valence-electron chi connectivity index (χ0n) is 14.6. The Bertz CT molecular complexity index is 855. The topological polar surface area (TPSA) is 58.4 Å². The van der Waals surface area contributed by atoms with Crippen LogP contribution in [-0.4, -0.2) is 53.0 Å². The Labute approximate surface area is 149 Å². The second-order valence-corrected chi connectivity index (χ2v) is 8.70. The number of fused-ring (bicyclic) bond motifs is 1. The Morgan fingerprint density at radius 3 is 2.28 bits per heavy atom. The Morgan fingerprint density at radius 2 is 1.56 bits per heavy atom. The van der Waals surface area contributed by atoms with Gasteiger partial charge in [0, 0.05) is 56.5 Å². The molecule has 0 N–H and O–H groups in total. The predicted molar refractivity (Wildman–Crippen MR) is 97.4 cm³/mol. The first kappa shape index (κ1) is 16.8. The molecule has 2 aliphatic heterocycles. The third-order valence-corrected chi connectivity index (χ3v) is 7.28. The van der Waals surface area contributed by atoms with E-state index in [4.69, 9.17) is 5.10 Å². The van der Waals surface area contributed by atoms with Crippen LogP contribution in [0.2, 0.25) is 0 Å². The van der Waals surface area contributed by atoms with Crippen molar-refractivity contribution in [3.8, 4) is 11.3 Å². The summed E-state index contributed by atoms with van der Waals surface area (Å²) in [7, 11) is -1.38. The van der Waals surface area contributed by atoms with E-state index in [1.165, 1.54) is 5.56 Å². The maximum Gasteiger partial charge on any atom is 0.281 e. The largest absolute Gasteiger partial charge is 0.281 e. The molecule has 0 aliphatic carbocycles. The SMILES string of the molecule is Cn1nc(-c2ccccc2)c2c1CCN(S(=O)(=O)N1CCCC1)CC2. The molecule has 1 aromatic carbocycles. The summed E-state index contributed by atoms with van der Waals surface area (Å²) in [6, 6.07) is 10.1. The standard InChI is InChI=1S/C18H24N4O2S/c1-20-17-10-14-22(25(23,24)21-11-5-6-12-21)13-9-16(17)18(19-20)15-7-3-2-4-8-15/h2-4,7-8H,5-6,9-14H2,1H3. The van der Waals surface area contributed by atoms with Crippen LogP contribution in [0.25, 0.3) is 11.3 Å². The average molecular weight is 360 g/mol. The fraction of sp³-hybridized carbons (Fsp3) is 0.500. The number of benzene rings is 1. The minimum atomic E-state index is -3.33. The van der Waals surface area contributed by atoms with Gasteiger partial charge in [0.05, 0.1) is 5.69 Å². The van der Waals surface area contributed by atoms with E-state index in [9.17, 15) is 8.42 Å². The van der Waals surface area contributed by atoms with Crippen LogP contribution in [-0.2, 0) is 30.1 Å². The molecule has 1 saturated heterocycles. The average Bonchev–Trinajstić information content (AvgIpc) is 3.19. The molecule has 0 unspecified atom stereocenters. The van der Waals surface area contributed by atoms with Crippen molar-refractivity contribution in [3.63, 3.8) is 0 Å². The molecule has 0 bridgehead atoms. The third kappa shape index (κ3) is 3.01. The van der Waals surface area contributed by atoms with Gasteiger partial charge in [0.1, 0.15) is 0 Å². The van der Waals surface area contributed by atoms with Crippen molar-refractivity contribution in [1.82, 2.24) is 18.4 Å². The monoisotopic (exact) mass is 360 g/mol. The van der Waals surface area contributed by atoms with E-state index in [1.54, 1.807) is 8.61 Å². The first-order chi connectivity index (χ1) is 12.1. The molecule has 2 aliphatic rings. The minimum Gasteiger partial charge on any atom is -0.272 e. The van der Waals surface area contributed by atoms with E-state index in [0.29, 0.717) is 39.0 Å². The van der Waals surface area contributed by atoms with E-state index in [0.717, 1.165) is 29.8 Å². The van der Waals surface area contributed by atoms with Gasteiger partial charge in [-0.15, -0.1) is 0 Å². The van der Waals surface area contributed by atoms with Crippen LogP contribution >= 0.6 is 0 Å². The lowest BCUT2D eigenvalue weighted by Gasteiger charge is -2.25. The molecule has 7 heteroatoms. The molecule has 2 aromatic rings. The molecule has 0 atom stereocenters. The first-order valence-corrected chi connectivity index (χ1v) is 10.3. The number of nitrogens with zero attached hydrogens (tertiary/aromatic N) is 4. The molecular formula is C18H24N4O2S. The fourth-order valence-electron chi connectivity index (χ4n) is 3.90. The number of hydrogen-bond donors (Lipinski definition) is 0. The summed E-state index contributed by atoms with van der Waals surface area (Å²) in [4.78, 5) is 0. The highest BCUT2D eigenvalue weighted by atomic mass is 32.2. The summed E-state index contributed by atoms with van der Waals surface area (Å²) in [6.45, 7) is 2.36. The van der Waals surface area contributed by atoms with Crippen LogP contribution in [0.5, 0.6) is 0 Å². The maximum absolute atomic E-state index is 12.9. The van der Waals surface area contributed by atoms with Gasteiger partial charge in [0.2, 0.25) is 0 Å². The number of aromatic nitrogens is 2. The van der Waals surface area contributed by atoms with E-state index in [-0.39, 0.29) is 0 Å². The van der Waals surface area contributed by atoms with Crippen molar-refractivity contribution in [2.24, 2.45) is 7.05 Å². The van der Waals surface area contributed by atoms with Gasteiger partial charge in [-0.3, -0.25) is 4.68 Å². The lowest BCUT2D eigenvalue weighted by Crippen LogP contribution is -2.43. The van der Waals surface area contributed by atoms with Crippen LogP contribution < -0.4 is 0 Å². The Kier molecular flexibility index (Phi) is 4.39. The van der Waals surface area contributed by atoms with Gasteiger partial charge in [-0.2, -0.15) is 22.1 Å². The molecule has 0 spiro atoms. The van der Waals surface area contributed by atoms with Gasteiger partial charge in [0.25, 0.3) is 10.2 Å². The number of rotatable bonds is 3. The van der Waals surface area contributed by atoms with Crippen LogP contribution in [0.1, 0.15) is 24.1 Å². The van der Waals surface area contributed by atoms with Crippen LogP contribution in [0, 0.1) is 0 Å². The first-order valence-electron chi connectivity index (χ1n) is 8.93. The molecule has 6 nitrogen and oxygen atoms in total. The van der Waals surface area contributed by atoms with Crippen molar-refractivity contribution in [3.05, 3.63) is 41.6 Å². The van der Waals surface area contributed by atoms with Gasteiger partial charge in [-0.1, -0.05) is 30.3 Å². The quantitative estimate of drug-likeness (QED) is 0.839. The lowest BCUT2D eigenvalue weighted by atomic mass is 10.0. The van der Waals surface area contributed by atoms with Gasteiger partial charge in [-0.25, -0.2) is 0 Å². The molecule has 0 saturated carbocycles. The van der Waals surface area contributed by atoms with Crippen molar-refractivity contribution in [1.29, 1.82) is 0 Å². The summed E-state index contributed by atoms with van der Waals surface area (Å²) < 4.78 is 31.0.